The number of nitrogens with zero attached hydrogens (tertiary/aromatic N) is 4. The Labute approximate surface area is 227 Å². The zero-order valence-electron chi connectivity index (χ0n) is 21.1. The number of alkyl halides is 3. The molecule has 0 spiro atoms. The fraction of sp³-hybridized carbons (Fsp3) is 0.360. The molecule has 39 heavy (non-hydrogen) atoms. The van der Waals surface area contributed by atoms with Crippen molar-refractivity contribution in [1.29, 1.82) is 0 Å². The highest BCUT2D eigenvalue weighted by Gasteiger charge is 2.46. The molecule has 0 saturated carbocycles. The van der Waals surface area contributed by atoms with Gasteiger partial charge in [0.1, 0.15) is 10.7 Å². The Morgan fingerprint density at radius 1 is 1.23 bits per heavy atom. The van der Waals surface area contributed by atoms with Crippen LogP contribution < -0.4 is 9.37 Å². The van der Waals surface area contributed by atoms with Gasteiger partial charge in [-0.3, -0.25) is 4.90 Å². The van der Waals surface area contributed by atoms with Crippen LogP contribution in [0.2, 0.25) is 0 Å². The highest BCUT2D eigenvalue weighted by molar-refractivity contribution is 7.92. The standard InChI is InChI=1S/C25H26F4N4O4S2/c1-3-18-11-22(39(35,36)33(23-15-38-16-30-23)37-24(34)25(27,28)29)20(26)12-21(18)31(2)19-9-10-32(14-19)13-17-7-5-4-6-8-17/h4-8,11-12,15-16,19H,3,9-10,13-14H2,1-2H3/t19-/m0/s1. The van der Waals surface area contributed by atoms with Crippen LogP contribution in [0, 0.1) is 5.82 Å². The zero-order valence-corrected chi connectivity index (χ0v) is 22.7. The zero-order chi connectivity index (χ0) is 28.4. The van der Waals surface area contributed by atoms with Crippen LogP contribution in [0.4, 0.5) is 29.1 Å². The topological polar surface area (TPSA) is 83.0 Å². The molecule has 0 bridgehead atoms. The average Bonchev–Trinajstić information content (AvgIpc) is 3.59. The lowest BCUT2D eigenvalue weighted by molar-refractivity contribution is -0.199. The van der Waals surface area contributed by atoms with Gasteiger partial charge in [0.15, 0.2) is 5.82 Å². The Kier molecular flexibility index (Phi) is 8.47. The largest absolute Gasteiger partial charge is 0.493 e. The molecule has 14 heteroatoms. The van der Waals surface area contributed by atoms with Crippen molar-refractivity contribution < 1.29 is 35.6 Å². The third-order valence-corrected chi connectivity index (χ3v) is 8.58. The number of hydrogen-bond acceptors (Lipinski definition) is 8. The van der Waals surface area contributed by atoms with Gasteiger partial charge in [-0.1, -0.05) is 41.7 Å². The van der Waals surface area contributed by atoms with Crippen molar-refractivity contribution in [2.24, 2.45) is 0 Å². The fourth-order valence-electron chi connectivity index (χ4n) is 4.44. The van der Waals surface area contributed by atoms with Gasteiger partial charge in [0, 0.05) is 43.8 Å². The minimum atomic E-state index is -5.49. The molecule has 210 valence electrons. The van der Waals surface area contributed by atoms with E-state index in [4.69, 9.17) is 0 Å². The summed E-state index contributed by atoms with van der Waals surface area (Å²) in [7, 11) is -3.32. The van der Waals surface area contributed by atoms with Crippen molar-refractivity contribution in [2.75, 3.05) is 29.5 Å². The van der Waals surface area contributed by atoms with Crippen LogP contribution in [0.5, 0.6) is 0 Å². The number of likely N-dealkylation sites (N-methyl/N-ethyl adjacent to an activating group) is 1. The van der Waals surface area contributed by atoms with Gasteiger partial charge in [0.05, 0.1) is 5.51 Å². The molecule has 0 amide bonds. The van der Waals surface area contributed by atoms with Gasteiger partial charge in [0.25, 0.3) is 10.0 Å². The van der Waals surface area contributed by atoms with Crippen LogP contribution in [-0.2, 0) is 32.6 Å². The van der Waals surface area contributed by atoms with Crippen molar-refractivity contribution in [2.45, 2.75) is 43.4 Å². The molecule has 2 heterocycles. The smallest absolute Gasteiger partial charge is 0.370 e. The Balaban J connectivity index is 1.61. The summed E-state index contributed by atoms with van der Waals surface area (Å²) >= 11 is 0.852. The molecule has 1 saturated heterocycles. The van der Waals surface area contributed by atoms with Gasteiger partial charge < -0.3 is 9.74 Å². The number of aromatic nitrogens is 1. The van der Waals surface area contributed by atoms with Gasteiger partial charge in [-0.15, -0.1) is 11.3 Å². The molecule has 0 N–H and O–H groups in total. The van der Waals surface area contributed by atoms with Crippen molar-refractivity contribution in [3.8, 4) is 0 Å². The Morgan fingerprint density at radius 3 is 2.56 bits per heavy atom. The van der Waals surface area contributed by atoms with E-state index in [1.165, 1.54) is 5.56 Å². The fourth-order valence-corrected chi connectivity index (χ4v) is 6.30. The molecular formula is C25H26F4N4O4S2. The quantitative estimate of drug-likeness (QED) is 0.264. The number of rotatable bonds is 9. The maximum Gasteiger partial charge on any atom is 0.493 e. The van der Waals surface area contributed by atoms with E-state index in [1.807, 2.05) is 35.2 Å². The van der Waals surface area contributed by atoms with Gasteiger partial charge in [-0.05, 0) is 36.1 Å². The van der Waals surface area contributed by atoms with E-state index in [0.29, 0.717) is 24.2 Å². The number of carbonyl (C=O) groups is 1. The number of likely N-dealkylation sites (tertiary alicyclic amines) is 1. The molecule has 1 aliphatic rings. The van der Waals surface area contributed by atoms with Crippen LogP contribution in [-0.4, -0.2) is 56.6 Å². The maximum atomic E-state index is 15.4. The lowest BCUT2D eigenvalue weighted by Crippen LogP contribution is -2.39. The molecule has 3 aromatic rings. The number of halogens is 4. The molecule has 0 radical (unpaired) electrons. The number of sulfonamides is 1. The molecule has 1 atom stereocenters. The second kappa shape index (κ2) is 11.5. The Morgan fingerprint density at radius 2 is 1.95 bits per heavy atom. The lowest BCUT2D eigenvalue weighted by Gasteiger charge is -2.30. The summed E-state index contributed by atoms with van der Waals surface area (Å²) in [6.07, 6.45) is -4.37. The highest BCUT2D eigenvalue weighted by Crippen LogP contribution is 2.34. The molecule has 1 fully saturated rings. The molecule has 2 aromatic carbocycles. The predicted octanol–water partition coefficient (Wildman–Crippen LogP) is 4.77. The first kappa shape index (κ1) is 28.8. The van der Waals surface area contributed by atoms with Crippen molar-refractivity contribution in [3.63, 3.8) is 0 Å². The van der Waals surface area contributed by atoms with Crippen LogP contribution in [0.15, 0.2) is 58.3 Å². The monoisotopic (exact) mass is 586 g/mol. The number of thiazole rings is 1. The predicted molar refractivity (Wildman–Crippen MR) is 138 cm³/mol. The minimum absolute atomic E-state index is 0.0279. The summed E-state index contributed by atoms with van der Waals surface area (Å²) in [5.41, 5.74) is 3.23. The summed E-state index contributed by atoms with van der Waals surface area (Å²) < 4.78 is 80.4. The number of hydrogen-bond donors (Lipinski definition) is 0. The number of anilines is 2. The lowest BCUT2D eigenvalue weighted by atomic mass is 10.1. The number of aryl methyl sites for hydroxylation is 1. The van der Waals surface area contributed by atoms with E-state index in [-0.39, 0.29) is 10.5 Å². The van der Waals surface area contributed by atoms with Crippen LogP contribution >= 0.6 is 11.3 Å². The molecular weight excluding hydrogens is 560 g/mol. The first-order valence-electron chi connectivity index (χ1n) is 12.0. The van der Waals surface area contributed by atoms with Crippen LogP contribution in [0.25, 0.3) is 0 Å². The molecule has 1 aliphatic heterocycles. The minimum Gasteiger partial charge on any atom is -0.370 e. The summed E-state index contributed by atoms with van der Waals surface area (Å²) in [6, 6.07) is 12.1. The van der Waals surface area contributed by atoms with E-state index < -0.39 is 38.7 Å². The third-order valence-electron chi connectivity index (χ3n) is 6.44. The Bertz CT molecular complexity index is 1400. The second-order valence-corrected chi connectivity index (χ2v) is 11.4. The first-order chi connectivity index (χ1) is 18.4. The van der Waals surface area contributed by atoms with E-state index in [0.717, 1.165) is 53.9 Å². The number of benzene rings is 2. The SMILES string of the molecule is CCc1cc(S(=O)(=O)N(OC(=O)C(F)(F)F)c2cscn2)c(F)cc1N(C)[C@H]1CCN(Cc2ccccc2)C1. The van der Waals surface area contributed by atoms with E-state index >= 15 is 4.39 Å². The average molecular weight is 587 g/mol. The van der Waals surface area contributed by atoms with Crippen LogP contribution in [0.1, 0.15) is 24.5 Å². The number of carbonyl (C=O) groups excluding carboxylic acids is 1. The van der Waals surface area contributed by atoms with Gasteiger partial charge in [-0.25, -0.2) is 14.2 Å². The summed E-state index contributed by atoms with van der Waals surface area (Å²) in [4.78, 5) is 22.5. The normalized spacial score (nSPS) is 16.3. The summed E-state index contributed by atoms with van der Waals surface area (Å²) in [5, 5.41) is 1.06. The highest BCUT2D eigenvalue weighted by atomic mass is 32.2. The van der Waals surface area contributed by atoms with Gasteiger partial charge >= 0.3 is 12.1 Å². The molecule has 0 unspecified atom stereocenters. The molecule has 8 nitrogen and oxygen atoms in total. The maximum absolute atomic E-state index is 15.4. The van der Waals surface area contributed by atoms with Gasteiger partial charge in [0.2, 0.25) is 0 Å². The molecule has 4 rings (SSSR count). The first-order valence-corrected chi connectivity index (χ1v) is 14.3. The Hall–Kier alpha value is -3.23. The van der Waals surface area contributed by atoms with Crippen molar-refractivity contribution >= 4 is 38.8 Å². The molecule has 1 aromatic heterocycles. The summed E-state index contributed by atoms with van der Waals surface area (Å²) in [5.74, 6) is -4.59. The van der Waals surface area contributed by atoms with Crippen molar-refractivity contribution in [3.05, 3.63) is 70.3 Å². The van der Waals surface area contributed by atoms with E-state index in [9.17, 15) is 26.4 Å². The summed E-state index contributed by atoms with van der Waals surface area (Å²) in [6.45, 7) is 4.05. The van der Waals surface area contributed by atoms with E-state index in [2.05, 4.69) is 14.7 Å². The molecule has 0 aliphatic carbocycles. The second-order valence-electron chi connectivity index (χ2n) is 8.99. The van der Waals surface area contributed by atoms with Crippen LogP contribution in [0.3, 0.4) is 0 Å². The third kappa shape index (κ3) is 6.34. The van der Waals surface area contributed by atoms with E-state index in [1.54, 1.807) is 14.0 Å². The van der Waals surface area contributed by atoms with Gasteiger partial charge in [-0.2, -0.15) is 21.6 Å². The van der Waals surface area contributed by atoms with Crippen molar-refractivity contribution in [1.82, 2.24) is 9.88 Å².